The molecule has 2 rings (SSSR count). The minimum Gasteiger partial charge on any atom is -0.488 e. The van der Waals surface area contributed by atoms with Gasteiger partial charge in [-0.25, -0.2) is 9.78 Å². The SMILES string of the molecule is Cc1c(OCc2ccc(C(C)(C)C)cc2)ccnc1C(=O)O. The lowest BCUT2D eigenvalue weighted by atomic mass is 9.87. The van der Waals surface area contributed by atoms with Crippen LogP contribution in [0.15, 0.2) is 36.5 Å². The Labute approximate surface area is 130 Å². The van der Waals surface area contributed by atoms with Gasteiger partial charge in [-0.3, -0.25) is 0 Å². The lowest BCUT2D eigenvalue weighted by Crippen LogP contribution is -2.11. The van der Waals surface area contributed by atoms with Crippen molar-refractivity contribution < 1.29 is 14.6 Å². The molecule has 0 unspecified atom stereocenters. The first-order chi connectivity index (χ1) is 10.3. The molecule has 1 heterocycles. The van der Waals surface area contributed by atoms with Crippen LogP contribution in [0.2, 0.25) is 0 Å². The van der Waals surface area contributed by atoms with Gasteiger partial charge in [-0.05, 0) is 29.5 Å². The van der Waals surface area contributed by atoms with Gasteiger partial charge in [0, 0.05) is 11.8 Å². The van der Waals surface area contributed by atoms with Crippen LogP contribution in [-0.2, 0) is 12.0 Å². The minimum absolute atomic E-state index is 0.0283. The third kappa shape index (κ3) is 3.64. The number of ether oxygens (including phenoxy) is 1. The number of carboxylic acids is 1. The van der Waals surface area contributed by atoms with E-state index in [1.807, 2.05) is 12.1 Å². The van der Waals surface area contributed by atoms with Crippen LogP contribution in [-0.4, -0.2) is 16.1 Å². The van der Waals surface area contributed by atoms with E-state index in [-0.39, 0.29) is 11.1 Å². The van der Waals surface area contributed by atoms with Crippen molar-refractivity contribution in [2.45, 2.75) is 39.7 Å². The van der Waals surface area contributed by atoms with Crippen molar-refractivity contribution in [3.63, 3.8) is 0 Å². The zero-order chi connectivity index (χ0) is 16.3. The highest BCUT2D eigenvalue weighted by Crippen LogP contribution is 2.24. The fourth-order valence-electron chi connectivity index (χ4n) is 2.15. The number of carboxylic acid groups (broad SMARTS) is 1. The summed E-state index contributed by atoms with van der Waals surface area (Å²) in [5.41, 5.74) is 3.00. The monoisotopic (exact) mass is 299 g/mol. The van der Waals surface area contributed by atoms with Crippen LogP contribution >= 0.6 is 0 Å². The molecule has 4 heteroatoms. The molecule has 0 atom stereocenters. The minimum atomic E-state index is -1.04. The van der Waals surface area contributed by atoms with Crippen LogP contribution in [0.5, 0.6) is 5.75 Å². The Morgan fingerprint density at radius 2 is 1.82 bits per heavy atom. The molecule has 0 aliphatic heterocycles. The molecule has 0 fully saturated rings. The molecule has 22 heavy (non-hydrogen) atoms. The second kappa shape index (κ2) is 6.18. The van der Waals surface area contributed by atoms with E-state index in [0.717, 1.165) is 5.56 Å². The molecule has 0 spiro atoms. The van der Waals surface area contributed by atoms with Crippen LogP contribution < -0.4 is 4.74 Å². The Bertz CT molecular complexity index is 670. The van der Waals surface area contributed by atoms with Crippen molar-refractivity contribution in [1.29, 1.82) is 0 Å². The van der Waals surface area contributed by atoms with E-state index >= 15 is 0 Å². The maximum atomic E-state index is 11.1. The number of hydrogen-bond donors (Lipinski definition) is 1. The molecule has 0 saturated carbocycles. The summed E-state index contributed by atoms with van der Waals surface area (Å²) < 4.78 is 5.74. The molecule has 116 valence electrons. The highest BCUT2D eigenvalue weighted by atomic mass is 16.5. The molecular formula is C18H21NO3. The summed E-state index contributed by atoms with van der Waals surface area (Å²) in [7, 11) is 0. The first-order valence-corrected chi connectivity index (χ1v) is 7.20. The standard InChI is InChI=1S/C18H21NO3/c1-12-15(9-10-19-16(12)17(20)21)22-11-13-5-7-14(8-6-13)18(2,3)4/h5-10H,11H2,1-4H3,(H,20,21). The van der Waals surface area contributed by atoms with Gasteiger partial charge in [0.15, 0.2) is 5.69 Å². The average Bonchev–Trinajstić information content (AvgIpc) is 2.45. The summed E-state index contributed by atoms with van der Waals surface area (Å²) >= 11 is 0. The number of nitrogens with zero attached hydrogens (tertiary/aromatic N) is 1. The number of carbonyl (C=O) groups is 1. The summed E-state index contributed by atoms with van der Waals surface area (Å²) in [4.78, 5) is 14.9. The van der Waals surface area contributed by atoms with E-state index in [1.165, 1.54) is 11.8 Å². The highest BCUT2D eigenvalue weighted by molar-refractivity contribution is 5.87. The molecule has 1 aromatic carbocycles. The second-order valence-electron chi connectivity index (χ2n) is 6.32. The fourth-order valence-corrected chi connectivity index (χ4v) is 2.15. The summed E-state index contributed by atoms with van der Waals surface area (Å²) in [5.74, 6) is -0.496. The maximum absolute atomic E-state index is 11.1. The van der Waals surface area contributed by atoms with E-state index in [4.69, 9.17) is 9.84 Å². The zero-order valence-electron chi connectivity index (χ0n) is 13.4. The topological polar surface area (TPSA) is 59.4 Å². The van der Waals surface area contributed by atoms with Gasteiger partial charge < -0.3 is 9.84 Å². The number of hydrogen-bond acceptors (Lipinski definition) is 3. The normalized spacial score (nSPS) is 11.3. The first kappa shape index (κ1) is 16.0. The Hall–Kier alpha value is -2.36. The third-order valence-electron chi connectivity index (χ3n) is 3.57. The summed E-state index contributed by atoms with van der Waals surface area (Å²) in [6.45, 7) is 8.62. The fraction of sp³-hybridized carbons (Fsp3) is 0.333. The Morgan fingerprint density at radius 3 is 2.36 bits per heavy atom. The van der Waals surface area contributed by atoms with E-state index in [2.05, 4.69) is 37.9 Å². The second-order valence-corrected chi connectivity index (χ2v) is 6.32. The molecule has 0 bridgehead atoms. The highest BCUT2D eigenvalue weighted by Gasteiger charge is 2.14. The molecule has 1 N–H and O–H groups in total. The first-order valence-electron chi connectivity index (χ1n) is 7.20. The predicted octanol–water partition coefficient (Wildman–Crippen LogP) is 3.96. The van der Waals surface area contributed by atoms with Gasteiger partial charge >= 0.3 is 5.97 Å². The van der Waals surface area contributed by atoms with Gasteiger partial charge in [0.1, 0.15) is 12.4 Å². The number of aromatic nitrogens is 1. The van der Waals surface area contributed by atoms with Crippen molar-refractivity contribution >= 4 is 5.97 Å². The lowest BCUT2D eigenvalue weighted by Gasteiger charge is -2.19. The van der Waals surface area contributed by atoms with Crippen molar-refractivity contribution in [2.75, 3.05) is 0 Å². The number of benzene rings is 1. The molecule has 0 aliphatic carbocycles. The smallest absolute Gasteiger partial charge is 0.354 e. The Balaban J connectivity index is 2.11. The van der Waals surface area contributed by atoms with Gasteiger partial charge in [-0.15, -0.1) is 0 Å². The number of aromatic carboxylic acids is 1. The van der Waals surface area contributed by atoms with Gasteiger partial charge in [0.25, 0.3) is 0 Å². The number of rotatable bonds is 4. The van der Waals surface area contributed by atoms with Crippen LogP contribution in [0, 0.1) is 6.92 Å². The Morgan fingerprint density at radius 1 is 1.18 bits per heavy atom. The van der Waals surface area contributed by atoms with E-state index in [1.54, 1.807) is 13.0 Å². The van der Waals surface area contributed by atoms with Gasteiger partial charge in [0.2, 0.25) is 0 Å². The predicted molar refractivity (Wildman–Crippen MR) is 85.4 cm³/mol. The summed E-state index contributed by atoms with van der Waals surface area (Å²) in [6, 6.07) is 9.96. The summed E-state index contributed by atoms with van der Waals surface area (Å²) in [5, 5.41) is 9.06. The average molecular weight is 299 g/mol. The molecule has 0 aliphatic rings. The molecular weight excluding hydrogens is 278 g/mol. The van der Waals surface area contributed by atoms with Crippen LogP contribution in [0.1, 0.15) is 48.0 Å². The molecule has 0 amide bonds. The zero-order valence-corrected chi connectivity index (χ0v) is 13.4. The van der Waals surface area contributed by atoms with Gasteiger partial charge in [-0.2, -0.15) is 0 Å². The molecule has 4 nitrogen and oxygen atoms in total. The quantitative estimate of drug-likeness (QED) is 0.928. The van der Waals surface area contributed by atoms with Crippen molar-refractivity contribution in [2.24, 2.45) is 0 Å². The molecule has 0 radical (unpaired) electrons. The van der Waals surface area contributed by atoms with Crippen LogP contribution in [0.4, 0.5) is 0 Å². The van der Waals surface area contributed by atoms with E-state index < -0.39 is 5.97 Å². The largest absolute Gasteiger partial charge is 0.488 e. The summed E-state index contributed by atoms with van der Waals surface area (Å²) in [6.07, 6.45) is 1.45. The maximum Gasteiger partial charge on any atom is 0.354 e. The van der Waals surface area contributed by atoms with Crippen molar-refractivity contribution in [3.05, 3.63) is 58.9 Å². The lowest BCUT2D eigenvalue weighted by molar-refractivity contribution is 0.0689. The van der Waals surface area contributed by atoms with E-state index in [0.29, 0.717) is 17.9 Å². The number of pyridine rings is 1. The van der Waals surface area contributed by atoms with E-state index in [9.17, 15) is 4.79 Å². The molecule has 2 aromatic rings. The van der Waals surface area contributed by atoms with Gasteiger partial charge in [-0.1, -0.05) is 45.0 Å². The Kier molecular flexibility index (Phi) is 4.50. The van der Waals surface area contributed by atoms with Crippen LogP contribution in [0.3, 0.4) is 0 Å². The van der Waals surface area contributed by atoms with Gasteiger partial charge in [0.05, 0.1) is 0 Å². The third-order valence-corrected chi connectivity index (χ3v) is 3.57. The van der Waals surface area contributed by atoms with Crippen molar-refractivity contribution in [1.82, 2.24) is 4.98 Å². The molecule has 0 saturated heterocycles. The molecule has 1 aromatic heterocycles. The van der Waals surface area contributed by atoms with Crippen LogP contribution in [0.25, 0.3) is 0 Å². The van der Waals surface area contributed by atoms with Crippen molar-refractivity contribution in [3.8, 4) is 5.75 Å².